The fourth-order valence-corrected chi connectivity index (χ4v) is 1.56. The third-order valence-corrected chi connectivity index (χ3v) is 2.49. The summed E-state index contributed by atoms with van der Waals surface area (Å²) in [6, 6.07) is 4.63. The van der Waals surface area contributed by atoms with Gasteiger partial charge in [-0.05, 0) is 24.6 Å². The summed E-state index contributed by atoms with van der Waals surface area (Å²) >= 11 is 5.72. The molecule has 0 unspecified atom stereocenters. The average molecular weight is 240 g/mol. The molecule has 1 atom stereocenters. The molecule has 0 saturated carbocycles. The molecule has 0 aliphatic carbocycles. The SMILES string of the molecule is C[C@H](N)c1ccc(-n2cc(Cl)cn2)c(F)c1. The second-order valence-corrected chi connectivity index (χ2v) is 4.04. The van der Waals surface area contributed by atoms with E-state index in [2.05, 4.69) is 5.10 Å². The van der Waals surface area contributed by atoms with E-state index in [0.29, 0.717) is 10.7 Å². The Morgan fingerprint density at radius 1 is 1.50 bits per heavy atom. The summed E-state index contributed by atoms with van der Waals surface area (Å²) in [5, 5.41) is 4.40. The predicted octanol–water partition coefficient (Wildman–Crippen LogP) is 2.68. The van der Waals surface area contributed by atoms with E-state index >= 15 is 0 Å². The van der Waals surface area contributed by atoms with Crippen molar-refractivity contribution in [2.24, 2.45) is 5.73 Å². The summed E-state index contributed by atoms with van der Waals surface area (Å²) in [6.45, 7) is 1.80. The van der Waals surface area contributed by atoms with Gasteiger partial charge >= 0.3 is 0 Å². The van der Waals surface area contributed by atoms with Crippen molar-refractivity contribution in [3.63, 3.8) is 0 Å². The van der Waals surface area contributed by atoms with Crippen molar-refractivity contribution in [2.45, 2.75) is 13.0 Å². The van der Waals surface area contributed by atoms with Crippen molar-refractivity contribution in [3.05, 3.63) is 47.0 Å². The minimum absolute atomic E-state index is 0.190. The molecule has 0 fully saturated rings. The predicted molar refractivity (Wildman–Crippen MR) is 61.1 cm³/mol. The molecule has 2 aromatic rings. The van der Waals surface area contributed by atoms with Gasteiger partial charge in [-0.25, -0.2) is 9.07 Å². The van der Waals surface area contributed by atoms with E-state index in [1.165, 1.54) is 16.9 Å². The summed E-state index contributed by atoms with van der Waals surface area (Å²) in [5.41, 5.74) is 6.77. The Hall–Kier alpha value is -1.39. The van der Waals surface area contributed by atoms with E-state index in [1.807, 2.05) is 0 Å². The molecule has 5 heteroatoms. The molecular formula is C11H11ClFN3. The van der Waals surface area contributed by atoms with Crippen LogP contribution in [0.3, 0.4) is 0 Å². The summed E-state index contributed by atoms with van der Waals surface area (Å²) < 4.78 is 15.1. The van der Waals surface area contributed by atoms with Crippen molar-refractivity contribution >= 4 is 11.6 Å². The minimum Gasteiger partial charge on any atom is -0.324 e. The molecular weight excluding hydrogens is 229 g/mol. The van der Waals surface area contributed by atoms with Gasteiger partial charge in [-0.3, -0.25) is 0 Å². The molecule has 1 heterocycles. The Morgan fingerprint density at radius 2 is 2.25 bits per heavy atom. The first kappa shape index (κ1) is 11.1. The Bertz CT molecular complexity index is 508. The summed E-state index contributed by atoms with van der Waals surface area (Å²) in [7, 11) is 0. The van der Waals surface area contributed by atoms with Crippen molar-refractivity contribution < 1.29 is 4.39 Å². The monoisotopic (exact) mass is 239 g/mol. The maximum absolute atomic E-state index is 13.7. The quantitative estimate of drug-likeness (QED) is 0.876. The number of nitrogens with zero attached hydrogens (tertiary/aromatic N) is 2. The van der Waals surface area contributed by atoms with E-state index in [4.69, 9.17) is 17.3 Å². The molecule has 84 valence electrons. The highest BCUT2D eigenvalue weighted by atomic mass is 35.5. The molecule has 16 heavy (non-hydrogen) atoms. The Morgan fingerprint density at radius 3 is 2.75 bits per heavy atom. The first-order valence-electron chi connectivity index (χ1n) is 4.83. The van der Waals surface area contributed by atoms with Gasteiger partial charge in [0.1, 0.15) is 11.5 Å². The summed E-state index contributed by atoms with van der Waals surface area (Å²) in [6.07, 6.45) is 3.01. The molecule has 2 rings (SSSR count). The van der Waals surface area contributed by atoms with Crippen molar-refractivity contribution in [1.82, 2.24) is 9.78 Å². The van der Waals surface area contributed by atoms with Crippen LogP contribution in [0.4, 0.5) is 4.39 Å². The molecule has 2 N–H and O–H groups in total. The van der Waals surface area contributed by atoms with Gasteiger partial charge in [0.05, 0.1) is 11.2 Å². The molecule has 3 nitrogen and oxygen atoms in total. The maximum atomic E-state index is 13.7. The smallest absolute Gasteiger partial charge is 0.149 e. The van der Waals surface area contributed by atoms with Gasteiger partial charge in [-0.1, -0.05) is 17.7 Å². The van der Waals surface area contributed by atoms with Crippen LogP contribution in [0.1, 0.15) is 18.5 Å². The lowest BCUT2D eigenvalue weighted by Crippen LogP contribution is -2.06. The highest BCUT2D eigenvalue weighted by molar-refractivity contribution is 6.30. The van der Waals surface area contributed by atoms with Crippen molar-refractivity contribution in [1.29, 1.82) is 0 Å². The van der Waals surface area contributed by atoms with Gasteiger partial charge in [-0.2, -0.15) is 5.10 Å². The van der Waals surface area contributed by atoms with Crippen LogP contribution in [0.25, 0.3) is 5.69 Å². The average Bonchev–Trinajstić information content (AvgIpc) is 2.64. The molecule has 0 radical (unpaired) electrons. The molecule has 0 aliphatic heterocycles. The number of nitrogens with two attached hydrogens (primary N) is 1. The van der Waals surface area contributed by atoms with Crippen LogP contribution in [0, 0.1) is 5.82 Å². The standard InChI is InChI=1S/C11H11ClFN3/c1-7(14)8-2-3-11(10(13)4-8)16-6-9(12)5-15-16/h2-7H,14H2,1H3/t7-/m0/s1. The number of rotatable bonds is 2. The summed E-state index contributed by atoms with van der Waals surface area (Å²) in [4.78, 5) is 0. The molecule has 1 aromatic heterocycles. The van der Waals surface area contributed by atoms with Gasteiger partial charge in [0.25, 0.3) is 0 Å². The zero-order valence-corrected chi connectivity index (χ0v) is 9.45. The number of hydrogen-bond acceptors (Lipinski definition) is 2. The second-order valence-electron chi connectivity index (χ2n) is 3.60. The minimum atomic E-state index is -0.366. The van der Waals surface area contributed by atoms with Gasteiger partial charge in [0.2, 0.25) is 0 Å². The van der Waals surface area contributed by atoms with E-state index < -0.39 is 0 Å². The molecule has 1 aromatic carbocycles. The number of hydrogen-bond donors (Lipinski definition) is 1. The van der Waals surface area contributed by atoms with Gasteiger partial charge < -0.3 is 5.73 Å². The van der Waals surface area contributed by atoms with Crippen molar-refractivity contribution in [3.8, 4) is 5.69 Å². The Kier molecular flexibility index (Phi) is 2.94. The van der Waals surface area contributed by atoms with Crippen LogP contribution in [0.15, 0.2) is 30.6 Å². The lowest BCUT2D eigenvalue weighted by molar-refractivity contribution is 0.606. The van der Waals surface area contributed by atoms with Gasteiger partial charge in [-0.15, -0.1) is 0 Å². The van der Waals surface area contributed by atoms with Crippen molar-refractivity contribution in [2.75, 3.05) is 0 Å². The first-order valence-corrected chi connectivity index (χ1v) is 5.21. The second kappa shape index (κ2) is 4.23. The highest BCUT2D eigenvalue weighted by Crippen LogP contribution is 2.19. The summed E-state index contributed by atoms with van der Waals surface area (Å²) in [5.74, 6) is -0.366. The molecule has 0 bridgehead atoms. The van der Waals surface area contributed by atoms with E-state index in [9.17, 15) is 4.39 Å². The third kappa shape index (κ3) is 2.08. The molecule has 0 saturated heterocycles. The zero-order valence-electron chi connectivity index (χ0n) is 8.69. The fraction of sp³-hybridized carbons (Fsp3) is 0.182. The fourth-order valence-electron chi connectivity index (χ4n) is 1.42. The molecule has 0 aliphatic rings. The van der Waals surface area contributed by atoms with E-state index in [0.717, 1.165) is 5.56 Å². The van der Waals surface area contributed by atoms with Crippen LogP contribution < -0.4 is 5.73 Å². The van der Waals surface area contributed by atoms with Crippen LogP contribution in [-0.4, -0.2) is 9.78 Å². The maximum Gasteiger partial charge on any atom is 0.149 e. The van der Waals surface area contributed by atoms with Crippen LogP contribution in [0.2, 0.25) is 5.02 Å². The van der Waals surface area contributed by atoms with E-state index in [1.54, 1.807) is 25.3 Å². The molecule has 0 amide bonds. The number of aromatic nitrogens is 2. The zero-order chi connectivity index (χ0) is 11.7. The van der Waals surface area contributed by atoms with Crippen LogP contribution in [0.5, 0.6) is 0 Å². The lowest BCUT2D eigenvalue weighted by atomic mass is 10.1. The lowest BCUT2D eigenvalue weighted by Gasteiger charge is -2.08. The first-order chi connectivity index (χ1) is 7.58. The normalized spacial score (nSPS) is 12.8. The molecule has 0 spiro atoms. The highest BCUT2D eigenvalue weighted by Gasteiger charge is 2.08. The largest absolute Gasteiger partial charge is 0.324 e. The van der Waals surface area contributed by atoms with Crippen LogP contribution in [-0.2, 0) is 0 Å². The topological polar surface area (TPSA) is 43.8 Å². The number of halogens is 2. The number of benzene rings is 1. The van der Waals surface area contributed by atoms with Gasteiger partial charge in [0.15, 0.2) is 0 Å². The van der Waals surface area contributed by atoms with Gasteiger partial charge in [0, 0.05) is 12.2 Å². The van der Waals surface area contributed by atoms with E-state index in [-0.39, 0.29) is 11.9 Å². The Balaban J connectivity index is 2.44. The third-order valence-electron chi connectivity index (χ3n) is 2.30. The Labute approximate surface area is 97.6 Å². The van der Waals surface area contributed by atoms with Crippen LogP contribution >= 0.6 is 11.6 Å².